The minimum absolute atomic E-state index is 0.0667. The summed E-state index contributed by atoms with van der Waals surface area (Å²) in [6.07, 6.45) is 5.68. The highest BCUT2D eigenvalue weighted by atomic mass is 19.1. The summed E-state index contributed by atoms with van der Waals surface area (Å²) in [5.41, 5.74) is 2.24. The number of ether oxygens (including phenoxy) is 1. The number of likely N-dealkylation sites (tertiary alicyclic amines) is 1. The number of carbonyl (C=O) groups is 1. The van der Waals surface area contributed by atoms with Gasteiger partial charge in [0.05, 0.1) is 13.2 Å². The molecule has 1 atom stereocenters. The standard InChI is InChI=1S/C24H31FN2O2/c1-29-22-9-6-8-20(17-22)23(27-15-3-2-4-16-27)18-26-24(28)10-5-7-19-11-13-21(25)14-12-19/h6,8-9,11-14,17,23H,2-5,7,10,15-16,18H2,1H3,(H,26,28). The fraction of sp³-hybridized carbons (Fsp3) is 0.458. The SMILES string of the molecule is COc1cccc(C(CNC(=O)CCCc2ccc(F)cc2)N2CCCCC2)c1. The Bertz CT molecular complexity index is 773. The van der Waals surface area contributed by atoms with Crippen LogP contribution in [0.3, 0.4) is 0 Å². The highest BCUT2D eigenvalue weighted by Gasteiger charge is 2.23. The summed E-state index contributed by atoms with van der Waals surface area (Å²) in [7, 11) is 1.68. The number of hydrogen-bond donors (Lipinski definition) is 1. The first-order chi connectivity index (χ1) is 14.2. The molecule has 2 aromatic carbocycles. The topological polar surface area (TPSA) is 41.6 Å². The van der Waals surface area contributed by atoms with Crippen molar-refractivity contribution in [2.45, 2.75) is 44.6 Å². The van der Waals surface area contributed by atoms with E-state index in [0.29, 0.717) is 13.0 Å². The number of halogens is 1. The Morgan fingerprint density at radius 2 is 1.90 bits per heavy atom. The molecule has 1 saturated heterocycles. The molecule has 0 aromatic heterocycles. The number of nitrogens with zero attached hydrogens (tertiary/aromatic N) is 1. The van der Waals surface area contributed by atoms with Gasteiger partial charge in [0.2, 0.25) is 5.91 Å². The van der Waals surface area contributed by atoms with Crippen LogP contribution < -0.4 is 10.1 Å². The number of aryl methyl sites for hydroxylation is 1. The molecule has 1 N–H and O–H groups in total. The van der Waals surface area contributed by atoms with Gasteiger partial charge in [-0.25, -0.2) is 4.39 Å². The molecule has 5 heteroatoms. The Kier molecular flexibility index (Phi) is 8.05. The van der Waals surface area contributed by atoms with Crippen LogP contribution in [0.1, 0.15) is 49.3 Å². The number of rotatable bonds is 9. The molecule has 1 aliphatic rings. The molecule has 2 aromatic rings. The van der Waals surface area contributed by atoms with Gasteiger partial charge in [-0.1, -0.05) is 30.7 Å². The van der Waals surface area contributed by atoms with Crippen molar-refractivity contribution in [3.63, 3.8) is 0 Å². The van der Waals surface area contributed by atoms with Crippen LogP contribution in [0, 0.1) is 5.82 Å². The predicted molar refractivity (Wildman–Crippen MR) is 114 cm³/mol. The summed E-state index contributed by atoms with van der Waals surface area (Å²) in [6.45, 7) is 2.72. The van der Waals surface area contributed by atoms with Crippen molar-refractivity contribution in [2.24, 2.45) is 0 Å². The molecule has 1 heterocycles. The van der Waals surface area contributed by atoms with Gasteiger partial charge in [-0.15, -0.1) is 0 Å². The minimum atomic E-state index is -0.229. The molecule has 156 valence electrons. The van der Waals surface area contributed by atoms with Crippen LogP contribution >= 0.6 is 0 Å². The fourth-order valence-corrected chi connectivity index (χ4v) is 3.94. The average Bonchev–Trinajstić information content (AvgIpc) is 2.76. The van der Waals surface area contributed by atoms with Gasteiger partial charge in [-0.3, -0.25) is 9.69 Å². The van der Waals surface area contributed by atoms with E-state index in [1.807, 2.05) is 12.1 Å². The number of nitrogens with one attached hydrogen (secondary N) is 1. The second-order valence-corrected chi connectivity index (χ2v) is 7.67. The first-order valence-electron chi connectivity index (χ1n) is 10.5. The lowest BCUT2D eigenvalue weighted by Gasteiger charge is -2.35. The van der Waals surface area contributed by atoms with Gasteiger partial charge in [0.15, 0.2) is 0 Å². The van der Waals surface area contributed by atoms with E-state index in [2.05, 4.69) is 22.3 Å². The number of piperidine rings is 1. The Labute approximate surface area is 173 Å². The highest BCUT2D eigenvalue weighted by molar-refractivity contribution is 5.75. The lowest BCUT2D eigenvalue weighted by Crippen LogP contribution is -2.40. The second-order valence-electron chi connectivity index (χ2n) is 7.67. The summed E-state index contributed by atoms with van der Waals surface area (Å²) >= 11 is 0. The zero-order chi connectivity index (χ0) is 20.5. The van der Waals surface area contributed by atoms with Crippen LogP contribution in [0.4, 0.5) is 4.39 Å². The van der Waals surface area contributed by atoms with Crippen molar-refractivity contribution in [2.75, 3.05) is 26.7 Å². The Morgan fingerprint density at radius 3 is 2.62 bits per heavy atom. The lowest BCUT2D eigenvalue weighted by molar-refractivity contribution is -0.121. The third kappa shape index (κ3) is 6.57. The molecule has 29 heavy (non-hydrogen) atoms. The van der Waals surface area contributed by atoms with Gasteiger partial charge < -0.3 is 10.1 Å². The zero-order valence-electron chi connectivity index (χ0n) is 17.2. The van der Waals surface area contributed by atoms with Crippen molar-refractivity contribution in [3.8, 4) is 5.75 Å². The highest BCUT2D eigenvalue weighted by Crippen LogP contribution is 2.26. The van der Waals surface area contributed by atoms with Gasteiger partial charge >= 0.3 is 0 Å². The lowest BCUT2D eigenvalue weighted by atomic mass is 10.0. The van der Waals surface area contributed by atoms with E-state index in [1.165, 1.54) is 37.0 Å². The molecule has 1 amide bonds. The van der Waals surface area contributed by atoms with E-state index in [4.69, 9.17) is 4.74 Å². The molecule has 0 radical (unpaired) electrons. The molecule has 1 aliphatic heterocycles. The molecule has 0 bridgehead atoms. The van der Waals surface area contributed by atoms with Crippen molar-refractivity contribution >= 4 is 5.91 Å². The number of hydrogen-bond acceptors (Lipinski definition) is 3. The van der Waals surface area contributed by atoms with Crippen LogP contribution in [-0.4, -0.2) is 37.6 Å². The minimum Gasteiger partial charge on any atom is -0.497 e. The van der Waals surface area contributed by atoms with Gasteiger partial charge in [-0.2, -0.15) is 0 Å². The normalized spacial score (nSPS) is 15.7. The molecule has 0 saturated carbocycles. The van der Waals surface area contributed by atoms with E-state index in [0.717, 1.165) is 37.2 Å². The van der Waals surface area contributed by atoms with Crippen LogP contribution in [0.25, 0.3) is 0 Å². The van der Waals surface area contributed by atoms with E-state index >= 15 is 0 Å². The Balaban J connectivity index is 1.54. The molecule has 0 spiro atoms. The van der Waals surface area contributed by atoms with Crippen molar-refractivity contribution in [3.05, 3.63) is 65.5 Å². The maximum Gasteiger partial charge on any atom is 0.220 e. The third-order valence-corrected chi connectivity index (χ3v) is 5.59. The predicted octanol–water partition coefficient (Wildman–Crippen LogP) is 4.50. The first-order valence-corrected chi connectivity index (χ1v) is 10.5. The summed E-state index contributed by atoms with van der Waals surface area (Å²) in [5.74, 6) is 0.681. The third-order valence-electron chi connectivity index (χ3n) is 5.59. The van der Waals surface area contributed by atoms with Crippen molar-refractivity contribution in [1.29, 1.82) is 0 Å². The molecular formula is C24H31FN2O2. The summed E-state index contributed by atoms with van der Waals surface area (Å²) < 4.78 is 18.4. The number of amides is 1. The molecule has 0 aliphatic carbocycles. The number of methoxy groups -OCH3 is 1. The quantitative estimate of drug-likeness (QED) is 0.676. The monoisotopic (exact) mass is 398 g/mol. The van der Waals surface area contributed by atoms with Crippen molar-refractivity contribution < 1.29 is 13.9 Å². The second kappa shape index (κ2) is 11.0. The molecule has 1 unspecified atom stereocenters. The Hall–Kier alpha value is -2.40. The summed E-state index contributed by atoms with van der Waals surface area (Å²) in [5, 5.41) is 3.13. The van der Waals surface area contributed by atoms with E-state index in [1.54, 1.807) is 19.2 Å². The van der Waals surface area contributed by atoms with Crippen LogP contribution in [0.15, 0.2) is 48.5 Å². The Morgan fingerprint density at radius 1 is 1.14 bits per heavy atom. The van der Waals surface area contributed by atoms with Gasteiger partial charge in [0, 0.05) is 13.0 Å². The molecular weight excluding hydrogens is 367 g/mol. The first kappa shape index (κ1) is 21.3. The summed E-state index contributed by atoms with van der Waals surface area (Å²) in [6, 6.07) is 14.8. The maximum atomic E-state index is 13.0. The zero-order valence-corrected chi connectivity index (χ0v) is 17.2. The maximum absolute atomic E-state index is 13.0. The molecule has 3 rings (SSSR count). The largest absolute Gasteiger partial charge is 0.497 e. The van der Waals surface area contributed by atoms with Gasteiger partial charge in [0.1, 0.15) is 11.6 Å². The van der Waals surface area contributed by atoms with E-state index in [9.17, 15) is 9.18 Å². The molecule has 1 fully saturated rings. The van der Waals surface area contributed by atoms with Crippen LogP contribution in [0.5, 0.6) is 5.75 Å². The van der Waals surface area contributed by atoms with Gasteiger partial charge in [0.25, 0.3) is 0 Å². The van der Waals surface area contributed by atoms with E-state index < -0.39 is 0 Å². The number of benzene rings is 2. The van der Waals surface area contributed by atoms with Crippen molar-refractivity contribution in [1.82, 2.24) is 10.2 Å². The van der Waals surface area contributed by atoms with Gasteiger partial charge in [-0.05, 0) is 74.2 Å². The van der Waals surface area contributed by atoms with Crippen LogP contribution in [0.2, 0.25) is 0 Å². The summed E-state index contributed by atoms with van der Waals surface area (Å²) in [4.78, 5) is 14.9. The fourth-order valence-electron chi connectivity index (χ4n) is 3.94. The smallest absolute Gasteiger partial charge is 0.220 e. The number of carbonyl (C=O) groups excluding carboxylic acids is 1. The van der Waals surface area contributed by atoms with E-state index in [-0.39, 0.29) is 17.8 Å². The molecule has 4 nitrogen and oxygen atoms in total. The van der Waals surface area contributed by atoms with Crippen LogP contribution in [-0.2, 0) is 11.2 Å². The average molecular weight is 399 g/mol.